The molecule has 1 saturated carbocycles. The van der Waals surface area contributed by atoms with Gasteiger partial charge in [-0.1, -0.05) is 26.2 Å². The Morgan fingerprint density at radius 2 is 2.21 bits per heavy atom. The minimum absolute atomic E-state index is 0.141. The lowest BCUT2D eigenvalue weighted by Crippen LogP contribution is -2.27. The second kappa shape index (κ2) is 6.73. The number of rotatable bonds is 5. The van der Waals surface area contributed by atoms with E-state index in [1.165, 1.54) is 32.1 Å². The second-order valence-corrected chi connectivity index (χ2v) is 5.69. The molecule has 4 nitrogen and oxygen atoms in total. The van der Waals surface area contributed by atoms with Gasteiger partial charge >= 0.3 is 0 Å². The van der Waals surface area contributed by atoms with Crippen LogP contribution in [-0.2, 0) is 0 Å². The van der Waals surface area contributed by atoms with Crippen molar-refractivity contribution in [3.63, 3.8) is 0 Å². The molecular weight excluding hydrogens is 238 g/mol. The summed E-state index contributed by atoms with van der Waals surface area (Å²) in [6, 6.07) is 2.44. The fourth-order valence-corrected chi connectivity index (χ4v) is 2.73. The fraction of sp³-hybridized carbons (Fsp3) is 0.733. The van der Waals surface area contributed by atoms with Gasteiger partial charge in [0.2, 0.25) is 5.88 Å². The van der Waals surface area contributed by atoms with Gasteiger partial charge in [-0.25, -0.2) is 9.97 Å². The van der Waals surface area contributed by atoms with Crippen LogP contribution in [0.5, 0.6) is 5.88 Å². The SMILES string of the molecule is CCC1CCCC(Nc2cc(OC(C)C)ncn2)C1. The van der Waals surface area contributed by atoms with Crippen molar-refractivity contribution in [3.8, 4) is 5.88 Å². The molecule has 1 heterocycles. The van der Waals surface area contributed by atoms with E-state index < -0.39 is 0 Å². The van der Waals surface area contributed by atoms with Gasteiger partial charge < -0.3 is 10.1 Å². The topological polar surface area (TPSA) is 47.0 Å². The summed E-state index contributed by atoms with van der Waals surface area (Å²) >= 11 is 0. The zero-order chi connectivity index (χ0) is 13.7. The third-order valence-electron chi connectivity index (χ3n) is 3.71. The molecule has 1 aromatic rings. The normalized spacial score (nSPS) is 23.4. The monoisotopic (exact) mass is 263 g/mol. The van der Waals surface area contributed by atoms with Crippen LogP contribution in [0.1, 0.15) is 52.9 Å². The van der Waals surface area contributed by atoms with Crippen molar-refractivity contribution in [2.75, 3.05) is 5.32 Å². The van der Waals surface area contributed by atoms with E-state index in [0.29, 0.717) is 11.9 Å². The third kappa shape index (κ3) is 4.37. The van der Waals surface area contributed by atoms with Crippen molar-refractivity contribution < 1.29 is 4.74 Å². The maximum absolute atomic E-state index is 5.60. The Hall–Kier alpha value is -1.32. The largest absolute Gasteiger partial charge is 0.475 e. The van der Waals surface area contributed by atoms with Crippen LogP contribution in [0.25, 0.3) is 0 Å². The van der Waals surface area contributed by atoms with Gasteiger partial charge in [-0.3, -0.25) is 0 Å². The van der Waals surface area contributed by atoms with Gasteiger partial charge in [-0.2, -0.15) is 0 Å². The molecule has 0 aromatic carbocycles. The molecule has 19 heavy (non-hydrogen) atoms. The molecule has 1 aliphatic rings. The van der Waals surface area contributed by atoms with E-state index in [4.69, 9.17) is 4.74 Å². The number of hydrogen-bond acceptors (Lipinski definition) is 4. The molecule has 2 unspecified atom stereocenters. The first-order valence-corrected chi connectivity index (χ1v) is 7.42. The van der Waals surface area contributed by atoms with Gasteiger partial charge in [0.05, 0.1) is 6.10 Å². The lowest BCUT2D eigenvalue weighted by Gasteiger charge is -2.29. The van der Waals surface area contributed by atoms with Gasteiger partial charge in [-0.05, 0) is 32.6 Å². The summed E-state index contributed by atoms with van der Waals surface area (Å²) in [4.78, 5) is 8.42. The van der Waals surface area contributed by atoms with Crippen LogP contribution in [0.4, 0.5) is 5.82 Å². The molecule has 0 radical (unpaired) electrons. The summed E-state index contributed by atoms with van der Waals surface area (Å²) in [5, 5.41) is 3.53. The zero-order valence-corrected chi connectivity index (χ0v) is 12.2. The molecule has 106 valence electrons. The Bertz CT molecular complexity index is 395. The van der Waals surface area contributed by atoms with Gasteiger partial charge in [0.15, 0.2) is 0 Å². The van der Waals surface area contributed by atoms with Crippen LogP contribution >= 0.6 is 0 Å². The average molecular weight is 263 g/mol. The van der Waals surface area contributed by atoms with Crippen molar-refractivity contribution in [1.29, 1.82) is 0 Å². The summed E-state index contributed by atoms with van der Waals surface area (Å²) in [6.45, 7) is 6.29. The predicted molar refractivity (Wildman–Crippen MR) is 77.5 cm³/mol. The van der Waals surface area contributed by atoms with E-state index in [9.17, 15) is 0 Å². The van der Waals surface area contributed by atoms with Crippen LogP contribution in [-0.4, -0.2) is 22.1 Å². The molecular formula is C15H25N3O. The maximum Gasteiger partial charge on any atom is 0.218 e. The molecule has 0 bridgehead atoms. The third-order valence-corrected chi connectivity index (χ3v) is 3.71. The summed E-state index contributed by atoms with van der Waals surface area (Å²) < 4.78 is 5.60. The van der Waals surface area contributed by atoms with Crippen LogP contribution in [0, 0.1) is 5.92 Å². The molecule has 0 amide bonds. The second-order valence-electron chi connectivity index (χ2n) is 5.69. The van der Waals surface area contributed by atoms with E-state index in [1.807, 2.05) is 19.9 Å². The van der Waals surface area contributed by atoms with E-state index in [-0.39, 0.29) is 6.10 Å². The van der Waals surface area contributed by atoms with E-state index in [1.54, 1.807) is 6.33 Å². The van der Waals surface area contributed by atoms with E-state index >= 15 is 0 Å². The smallest absolute Gasteiger partial charge is 0.218 e. The highest BCUT2D eigenvalue weighted by Crippen LogP contribution is 2.28. The quantitative estimate of drug-likeness (QED) is 0.881. The number of ether oxygens (including phenoxy) is 1. The number of nitrogens with zero attached hydrogens (tertiary/aromatic N) is 2. The molecule has 2 atom stereocenters. The minimum atomic E-state index is 0.141. The molecule has 1 aliphatic carbocycles. The number of anilines is 1. The molecule has 1 aromatic heterocycles. The minimum Gasteiger partial charge on any atom is -0.475 e. The Morgan fingerprint density at radius 3 is 2.95 bits per heavy atom. The van der Waals surface area contributed by atoms with Crippen LogP contribution in [0.3, 0.4) is 0 Å². The molecule has 0 spiro atoms. The lowest BCUT2D eigenvalue weighted by molar-refractivity contribution is 0.232. The van der Waals surface area contributed by atoms with Crippen molar-refractivity contribution in [2.45, 2.75) is 65.0 Å². The summed E-state index contributed by atoms with van der Waals surface area (Å²) in [7, 11) is 0. The van der Waals surface area contributed by atoms with Gasteiger partial charge in [0, 0.05) is 12.1 Å². The first-order chi connectivity index (χ1) is 9.17. The maximum atomic E-state index is 5.60. The summed E-state index contributed by atoms with van der Waals surface area (Å²) in [5.41, 5.74) is 0. The highest BCUT2D eigenvalue weighted by Gasteiger charge is 2.20. The molecule has 4 heteroatoms. The standard InChI is InChI=1S/C15H25N3O/c1-4-12-6-5-7-13(8-12)18-14-9-15(17-10-16-14)19-11(2)3/h9-13H,4-8H2,1-3H3,(H,16,17,18). The first kappa shape index (κ1) is 14.1. The van der Waals surface area contributed by atoms with Gasteiger partial charge in [0.1, 0.15) is 12.1 Å². The van der Waals surface area contributed by atoms with Gasteiger partial charge in [0.25, 0.3) is 0 Å². The first-order valence-electron chi connectivity index (χ1n) is 7.42. The average Bonchev–Trinajstić information content (AvgIpc) is 2.38. The van der Waals surface area contributed by atoms with E-state index in [2.05, 4.69) is 22.2 Å². The Morgan fingerprint density at radius 1 is 1.37 bits per heavy atom. The molecule has 1 N–H and O–H groups in total. The lowest BCUT2D eigenvalue weighted by atomic mass is 9.84. The predicted octanol–water partition coefficient (Wildman–Crippen LogP) is 3.64. The summed E-state index contributed by atoms with van der Waals surface area (Å²) in [5.74, 6) is 2.39. The Kier molecular flexibility index (Phi) is 5.00. The highest BCUT2D eigenvalue weighted by molar-refractivity contribution is 5.38. The number of nitrogens with one attached hydrogen (secondary N) is 1. The van der Waals surface area contributed by atoms with Crippen molar-refractivity contribution >= 4 is 5.82 Å². The molecule has 0 saturated heterocycles. The fourth-order valence-electron chi connectivity index (χ4n) is 2.73. The van der Waals surface area contributed by atoms with Crippen molar-refractivity contribution in [1.82, 2.24) is 9.97 Å². The zero-order valence-electron chi connectivity index (χ0n) is 12.2. The van der Waals surface area contributed by atoms with Crippen LogP contribution in [0.15, 0.2) is 12.4 Å². The summed E-state index contributed by atoms with van der Waals surface area (Å²) in [6.07, 6.45) is 8.17. The van der Waals surface area contributed by atoms with Crippen molar-refractivity contribution in [2.24, 2.45) is 5.92 Å². The Labute approximate surface area is 116 Å². The highest BCUT2D eigenvalue weighted by atomic mass is 16.5. The van der Waals surface area contributed by atoms with Crippen LogP contribution in [0.2, 0.25) is 0 Å². The number of hydrogen-bond donors (Lipinski definition) is 1. The van der Waals surface area contributed by atoms with Crippen molar-refractivity contribution in [3.05, 3.63) is 12.4 Å². The molecule has 1 fully saturated rings. The molecule has 2 rings (SSSR count). The van der Waals surface area contributed by atoms with E-state index in [0.717, 1.165) is 11.7 Å². The Balaban J connectivity index is 1.94. The van der Waals surface area contributed by atoms with Gasteiger partial charge in [-0.15, -0.1) is 0 Å². The van der Waals surface area contributed by atoms with Crippen LogP contribution < -0.4 is 10.1 Å². The number of aromatic nitrogens is 2. The molecule has 0 aliphatic heterocycles.